The summed E-state index contributed by atoms with van der Waals surface area (Å²) < 4.78 is 14.3. The van der Waals surface area contributed by atoms with Crippen LogP contribution in [0.15, 0.2) is 46.9 Å². The normalized spacial score (nSPS) is 12.4. The Kier molecular flexibility index (Phi) is 4.97. The molecule has 1 nitrogen and oxygen atoms in total. The Morgan fingerprint density at radius 1 is 1.26 bits per heavy atom. The summed E-state index contributed by atoms with van der Waals surface area (Å²) in [7, 11) is 0. The van der Waals surface area contributed by atoms with Crippen molar-refractivity contribution in [2.75, 3.05) is 0 Å². The first-order valence-electron chi connectivity index (χ1n) is 5.99. The second kappa shape index (κ2) is 6.51. The van der Waals surface area contributed by atoms with Gasteiger partial charge in [-0.05, 0) is 42.3 Å². The fourth-order valence-corrected chi connectivity index (χ4v) is 2.79. The summed E-state index contributed by atoms with van der Waals surface area (Å²) in [5.74, 6) is -0.308. The molecule has 0 fully saturated rings. The lowest BCUT2D eigenvalue weighted by atomic mass is 10.1. The number of hydrogen-bond acceptors (Lipinski definition) is 1. The summed E-state index contributed by atoms with van der Waals surface area (Å²) in [6.45, 7) is 2.64. The van der Waals surface area contributed by atoms with Crippen molar-refractivity contribution in [2.24, 2.45) is 0 Å². The van der Waals surface area contributed by atoms with E-state index in [9.17, 15) is 4.39 Å². The lowest BCUT2D eigenvalue weighted by molar-refractivity contribution is 0.567. The van der Waals surface area contributed by atoms with E-state index in [-0.39, 0.29) is 11.9 Å². The highest BCUT2D eigenvalue weighted by Crippen LogP contribution is 2.23. The number of benzene rings is 2. The SMILES string of the molecule is C[C@@H](NCc1cc(F)cc(Cl)c1)c1ccccc1Br. The zero-order valence-corrected chi connectivity index (χ0v) is 12.8. The Morgan fingerprint density at radius 3 is 2.68 bits per heavy atom. The van der Waals surface area contributed by atoms with Crippen LogP contribution in [0.2, 0.25) is 5.02 Å². The number of hydrogen-bond donors (Lipinski definition) is 1. The predicted octanol–water partition coefficient (Wildman–Crippen LogP) is 5.09. The fourth-order valence-electron chi connectivity index (χ4n) is 1.92. The van der Waals surface area contributed by atoms with Gasteiger partial charge in [0.25, 0.3) is 0 Å². The molecular formula is C15H14BrClFN. The predicted molar refractivity (Wildman–Crippen MR) is 80.8 cm³/mol. The maximum absolute atomic E-state index is 13.2. The van der Waals surface area contributed by atoms with E-state index in [4.69, 9.17) is 11.6 Å². The first-order valence-corrected chi connectivity index (χ1v) is 7.16. The van der Waals surface area contributed by atoms with E-state index in [0.717, 1.165) is 10.0 Å². The smallest absolute Gasteiger partial charge is 0.125 e. The van der Waals surface area contributed by atoms with Crippen molar-refractivity contribution < 1.29 is 4.39 Å². The summed E-state index contributed by atoms with van der Waals surface area (Å²) in [5, 5.41) is 3.78. The van der Waals surface area contributed by atoms with Gasteiger partial charge in [-0.25, -0.2) is 4.39 Å². The monoisotopic (exact) mass is 341 g/mol. The summed E-state index contributed by atoms with van der Waals surface area (Å²) in [4.78, 5) is 0. The molecule has 0 aromatic heterocycles. The van der Waals surface area contributed by atoms with Crippen LogP contribution < -0.4 is 5.32 Å². The van der Waals surface area contributed by atoms with Crippen molar-refractivity contribution in [3.05, 3.63) is 68.9 Å². The molecule has 2 aromatic carbocycles. The van der Waals surface area contributed by atoms with Crippen LogP contribution in [0.5, 0.6) is 0 Å². The van der Waals surface area contributed by atoms with Gasteiger partial charge >= 0.3 is 0 Å². The van der Waals surface area contributed by atoms with Crippen molar-refractivity contribution in [3.63, 3.8) is 0 Å². The fraction of sp³-hybridized carbons (Fsp3) is 0.200. The van der Waals surface area contributed by atoms with E-state index in [0.29, 0.717) is 11.6 Å². The molecule has 0 aliphatic heterocycles. The van der Waals surface area contributed by atoms with E-state index in [2.05, 4.69) is 34.2 Å². The maximum Gasteiger partial charge on any atom is 0.125 e. The molecular weight excluding hydrogens is 329 g/mol. The summed E-state index contributed by atoms with van der Waals surface area (Å²) in [6.07, 6.45) is 0. The number of rotatable bonds is 4. The second-order valence-electron chi connectivity index (χ2n) is 4.40. The molecule has 2 rings (SSSR count). The van der Waals surface area contributed by atoms with Crippen molar-refractivity contribution in [3.8, 4) is 0 Å². The number of halogens is 3. The molecule has 0 saturated carbocycles. The first kappa shape index (κ1) is 14.5. The molecule has 4 heteroatoms. The van der Waals surface area contributed by atoms with Crippen molar-refractivity contribution >= 4 is 27.5 Å². The molecule has 1 N–H and O–H groups in total. The van der Waals surface area contributed by atoms with E-state index >= 15 is 0 Å². The van der Waals surface area contributed by atoms with E-state index in [1.807, 2.05) is 18.2 Å². The Labute approximate surface area is 125 Å². The van der Waals surface area contributed by atoms with Gasteiger partial charge in [-0.3, -0.25) is 0 Å². The van der Waals surface area contributed by atoms with Crippen molar-refractivity contribution in [2.45, 2.75) is 19.5 Å². The van der Waals surface area contributed by atoms with E-state index < -0.39 is 0 Å². The molecule has 0 aliphatic rings. The van der Waals surface area contributed by atoms with Gasteiger partial charge in [0, 0.05) is 22.1 Å². The van der Waals surface area contributed by atoms with Gasteiger partial charge in [0.2, 0.25) is 0 Å². The first-order chi connectivity index (χ1) is 9.06. The Balaban J connectivity index is 2.04. The van der Waals surface area contributed by atoms with E-state index in [1.165, 1.54) is 17.7 Å². The third-order valence-electron chi connectivity index (χ3n) is 2.91. The van der Waals surface area contributed by atoms with Crippen LogP contribution in [0.4, 0.5) is 4.39 Å². The molecule has 0 heterocycles. The average Bonchev–Trinajstić information content (AvgIpc) is 2.35. The Hall–Kier alpha value is -0.900. The molecule has 0 aliphatic carbocycles. The van der Waals surface area contributed by atoms with Crippen molar-refractivity contribution in [1.29, 1.82) is 0 Å². The molecule has 0 radical (unpaired) electrons. The van der Waals surface area contributed by atoms with Gasteiger partial charge in [-0.2, -0.15) is 0 Å². The highest BCUT2D eigenvalue weighted by molar-refractivity contribution is 9.10. The zero-order chi connectivity index (χ0) is 13.8. The minimum absolute atomic E-state index is 0.164. The molecule has 2 aromatic rings. The standard InChI is InChI=1S/C15H14BrClFN/c1-10(14-4-2-3-5-15(14)16)19-9-11-6-12(17)8-13(18)7-11/h2-8,10,19H,9H2,1H3/t10-/m1/s1. The van der Waals surface area contributed by atoms with Crippen LogP contribution in [0, 0.1) is 5.82 Å². The van der Waals surface area contributed by atoms with Gasteiger partial charge in [-0.1, -0.05) is 45.7 Å². The Morgan fingerprint density at radius 2 is 2.00 bits per heavy atom. The minimum Gasteiger partial charge on any atom is -0.306 e. The molecule has 0 saturated heterocycles. The molecule has 0 bridgehead atoms. The summed E-state index contributed by atoms with van der Waals surface area (Å²) in [6, 6.07) is 12.8. The van der Waals surface area contributed by atoms with Crippen molar-refractivity contribution in [1.82, 2.24) is 5.32 Å². The largest absolute Gasteiger partial charge is 0.306 e. The van der Waals surface area contributed by atoms with Gasteiger partial charge in [-0.15, -0.1) is 0 Å². The second-order valence-corrected chi connectivity index (χ2v) is 5.69. The van der Waals surface area contributed by atoms with Crippen LogP contribution in [0.1, 0.15) is 24.1 Å². The van der Waals surface area contributed by atoms with Crippen LogP contribution in [-0.4, -0.2) is 0 Å². The molecule has 1 atom stereocenters. The van der Waals surface area contributed by atoms with Gasteiger partial charge < -0.3 is 5.32 Å². The van der Waals surface area contributed by atoms with Crippen LogP contribution in [0.25, 0.3) is 0 Å². The minimum atomic E-state index is -0.308. The average molecular weight is 343 g/mol. The Bertz CT molecular complexity index is 554. The summed E-state index contributed by atoms with van der Waals surface area (Å²) >= 11 is 9.36. The van der Waals surface area contributed by atoms with Gasteiger partial charge in [0.05, 0.1) is 0 Å². The molecule has 0 spiro atoms. The maximum atomic E-state index is 13.2. The molecule has 19 heavy (non-hydrogen) atoms. The lowest BCUT2D eigenvalue weighted by Crippen LogP contribution is -2.18. The zero-order valence-electron chi connectivity index (χ0n) is 10.5. The summed E-state index contributed by atoms with van der Waals surface area (Å²) in [5.41, 5.74) is 2.01. The molecule has 100 valence electrons. The third-order valence-corrected chi connectivity index (χ3v) is 3.85. The number of nitrogens with one attached hydrogen (secondary N) is 1. The van der Waals surface area contributed by atoms with Gasteiger partial charge in [0.15, 0.2) is 0 Å². The quantitative estimate of drug-likeness (QED) is 0.816. The van der Waals surface area contributed by atoms with Crippen LogP contribution in [-0.2, 0) is 6.54 Å². The lowest BCUT2D eigenvalue weighted by Gasteiger charge is -2.16. The van der Waals surface area contributed by atoms with Crippen LogP contribution >= 0.6 is 27.5 Å². The van der Waals surface area contributed by atoms with E-state index in [1.54, 1.807) is 6.07 Å². The topological polar surface area (TPSA) is 12.0 Å². The molecule has 0 unspecified atom stereocenters. The highest BCUT2D eigenvalue weighted by atomic mass is 79.9. The van der Waals surface area contributed by atoms with Crippen LogP contribution in [0.3, 0.4) is 0 Å². The van der Waals surface area contributed by atoms with Gasteiger partial charge in [0.1, 0.15) is 5.82 Å². The molecule has 0 amide bonds. The third kappa shape index (κ3) is 4.03. The highest BCUT2D eigenvalue weighted by Gasteiger charge is 2.08.